The number of nitrogens with zero attached hydrogens (tertiary/aromatic N) is 1. The molecule has 0 amide bonds. The molecule has 0 unspecified atom stereocenters. The van der Waals surface area contributed by atoms with Crippen LogP contribution in [0.15, 0.2) is 22.8 Å². The molecule has 2 N–H and O–H groups in total. The summed E-state index contributed by atoms with van der Waals surface area (Å²) in [5.41, 5.74) is 8.73. The van der Waals surface area contributed by atoms with E-state index >= 15 is 0 Å². The molecule has 2 heterocycles. The van der Waals surface area contributed by atoms with Crippen LogP contribution in [-0.2, 0) is 0 Å². The lowest BCUT2D eigenvalue weighted by atomic mass is 10.3. The second-order valence-corrected chi connectivity index (χ2v) is 2.49. The Labute approximate surface area is 63.8 Å². The minimum absolute atomic E-state index is 0.650. The Morgan fingerprint density at radius 1 is 1.55 bits per heavy atom. The summed E-state index contributed by atoms with van der Waals surface area (Å²) in [7, 11) is 0. The molecule has 11 heavy (non-hydrogen) atoms. The highest BCUT2D eigenvalue weighted by molar-refractivity contribution is 5.84. The topological polar surface area (TPSA) is 52.0 Å². The average Bonchev–Trinajstić information content (AvgIpc) is 2.34. The molecule has 0 aromatic carbocycles. The standard InChI is InChI=1S/C8H8N2O/c1-5-4-6(9)8-7(10-5)2-3-11-8/h2-4H,1H3,(H2,9,10). The van der Waals surface area contributed by atoms with Gasteiger partial charge >= 0.3 is 0 Å². The maximum Gasteiger partial charge on any atom is 0.175 e. The van der Waals surface area contributed by atoms with Crippen molar-refractivity contribution in [3.8, 4) is 0 Å². The van der Waals surface area contributed by atoms with Gasteiger partial charge in [0.25, 0.3) is 0 Å². The molecule has 0 bridgehead atoms. The number of furan rings is 1. The molecule has 0 saturated heterocycles. The smallest absolute Gasteiger partial charge is 0.175 e. The van der Waals surface area contributed by atoms with E-state index in [1.165, 1.54) is 0 Å². The molecular formula is C8H8N2O. The molecule has 0 atom stereocenters. The van der Waals surface area contributed by atoms with E-state index in [0.29, 0.717) is 11.3 Å². The first kappa shape index (κ1) is 6.22. The van der Waals surface area contributed by atoms with Gasteiger partial charge in [-0.25, -0.2) is 4.98 Å². The molecule has 0 spiro atoms. The molecular weight excluding hydrogens is 140 g/mol. The summed E-state index contributed by atoms with van der Waals surface area (Å²) >= 11 is 0. The van der Waals surface area contributed by atoms with Crippen molar-refractivity contribution in [1.29, 1.82) is 0 Å². The first-order chi connectivity index (χ1) is 5.27. The van der Waals surface area contributed by atoms with Crippen molar-refractivity contribution in [2.75, 3.05) is 5.73 Å². The first-order valence-corrected chi connectivity index (χ1v) is 3.38. The van der Waals surface area contributed by atoms with Crippen LogP contribution in [0.25, 0.3) is 11.1 Å². The predicted molar refractivity (Wildman–Crippen MR) is 43.2 cm³/mol. The second kappa shape index (κ2) is 1.99. The number of anilines is 1. The van der Waals surface area contributed by atoms with Crippen LogP contribution in [0.4, 0.5) is 5.69 Å². The number of hydrogen-bond donors (Lipinski definition) is 1. The first-order valence-electron chi connectivity index (χ1n) is 3.38. The van der Waals surface area contributed by atoms with Gasteiger partial charge in [0.05, 0.1) is 12.0 Å². The number of rotatable bonds is 0. The molecule has 3 nitrogen and oxygen atoms in total. The van der Waals surface area contributed by atoms with Gasteiger partial charge in [0, 0.05) is 11.8 Å². The molecule has 0 aliphatic carbocycles. The Morgan fingerprint density at radius 3 is 3.18 bits per heavy atom. The summed E-state index contributed by atoms with van der Waals surface area (Å²) in [6, 6.07) is 3.60. The lowest BCUT2D eigenvalue weighted by Crippen LogP contribution is -1.88. The minimum atomic E-state index is 0.650. The molecule has 0 fully saturated rings. The SMILES string of the molecule is Cc1cc(N)c2occc2n1. The third-order valence-corrected chi connectivity index (χ3v) is 1.57. The van der Waals surface area contributed by atoms with Crippen LogP contribution in [0.5, 0.6) is 0 Å². The summed E-state index contributed by atoms with van der Waals surface area (Å²) in [6.45, 7) is 1.91. The van der Waals surface area contributed by atoms with Crippen LogP contribution in [-0.4, -0.2) is 4.98 Å². The highest BCUT2D eigenvalue weighted by atomic mass is 16.3. The van der Waals surface area contributed by atoms with Crippen LogP contribution in [0.3, 0.4) is 0 Å². The molecule has 2 aromatic rings. The van der Waals surface area contributed by atoms with Gasteiger partial charge in [-0.05, 0) is 13.0 Å². The zero-order valence-corrected chi connectivity index (χ0v) is 6.16. The highest BCUT2D eigenvalue weighted by Gasteiger charge is 2.02. The Hall–Kier alpha value is -1.51. The Bertz CT molecular complexity index is 392. The molecule has 2 rings (SSSR count). The Morgan fingerprint density at radius 2 is 2.36 bits per heavy atom. The molecule has 2 aromatic heterocycles. The summed E-state index contributed by atoms with van der Waals surface area (Å²) in [4.78, 5) is 4.22. The van der Waals surface area contributed by atoms with Gasteiger partial charge in [-0.3, -0.25) is 0 Å². The van der Waals surface area contributed by atoms with Crippen molar-refractivity contribution in [2.24, 2.45) is 0 Å². The average molecular weight is 148 g/mol. The van der Waals surface area contributed by atoms with Gasteiger partial charge in [0.1, 0.15) is 5.52 Å². The van der Waals surface area contributed by atoms with E-state index in [0.717, 1.165) is 11.2 Å². The van der Waals surface area contributed by atoms with E-state index in [1.54, 1.807) is 18.4 Å². The number of hydrogen-bond acceptors (Lipinski definition) is 3. The molecule has 0 radical (unpaired) electrons. The van der Waals surface area contributed by atoms with Crippen LogP contribution in [0.2, 0.25) is 0 Å². The highest BCUT2D eigenvalue weighted by Crippen LogP contribution is 2.20. The van der Waals surface area contributed by atoms with Crippen LogP contribution < -0.4 is 5.73 Å². The van der Waals surface area contributed by atoms with Crippen molar-refractivity contribution < 1.29 is 4.42 Å². The number of nitrogen functional groups attached to an aromatic ring is 1. The van der Waals surface area contributed by atoms with Gasteiger partial charge in [0.15, 0.2) is 5.58 Å². The van der Waals surface area contributed by atoms with Gasteiger partial charge < -0.3 is 10.2 Å². The van der Waals surface area contributed by atoms with Gasteiger partial charge in [-0.15, -0.1) is 0 Å². The largest absolute Gasteiger partial charge is 0.460 e. The maximum atomic E-state index is 5.67. The van der Waals surface area contributed by atoms with Gasteiger partial charge in [0.2, 0.25) is 0 Å². The fourth-order valence-electron chi connectivity index (χ4n) is 1.12. The number of aryl methyl sites for hydroxylation is 1. The minimum Gasteiger partial charge on any atom is -0.460 e. The van der Waals surface area contributed by atoms with E-state index in [-0.39, 0.29) is 0 Å². The summed E-state index contributed by atoms with van der Waals surface area (Å²) in [6.07, 6.45) is 1.59. The fraction of sp³-hybridized carbons (Fsp3) is 0.125. The maximum absolute atomic E-state index is 5.67. The molecule has 3 heteroatoms. The zero-order chi connectivity index (χ0) is 7.84. The number of aromatic nitrogens is 1. The van der Waals surface area contributed by atoms with E-state index in [4.69, 9.17) is 10.2 Å². The normalized spacial score (nSPS) is 10.6. The number of pyridine rings is 1. The van der Waals surface area contributed by atoms with E-state index in [9.17, 15) is 0 Å². The van der Waals surface area contributed by atoms with Crippen LogP contribution >= 0.6 is 0 Å². The number of fused-ring (bicyclic) bond motifs is 1. The lowest BCUT2D eigenvalue weighted by molar-refractivity contribution is 0.616. The van der Waals surface area contributed by atoms with Crippen molar-refractivity contribution >= 4 is 16.8 Å². The van der Waals surface area contributed by atoms with Crippen molar-refractivity contribution in [3.05, 3.63) is 24.1 Å². The fourth-order valence-corrected chi connectivity index (χ4v) is 1.12. The van der Waals surface area contributed by atoms with Crippen molar-refractivity contribution in [1.82, 2.24) is 4.98 Å². The molecule has 0 aliphatic heterocycles. The van der Waals surface area contributed by atoms with E-state index < -0.39 is 0 Å². The summed E-state index contributed by atoms with van der Waals surface area (Å²) in [5, 5.41) is 0. The van der Waals surface area contributed by atoms with Gasteiger partial charge in [-0.2, -0.15) is 0 Å². The van der Waals surface area contributed by atoms with E-state index in [1.807, 2.05) is 6.92 Å². The van der Waals surface area contributed by atoms with Crippen molar-refractivity contribution in [2.45, 2.75) is 6.92 Å². The quantitative estimate of drug-likeness (QED) is 0.618. The second-order valence-electron chi connectivity index (χ2n) is 2.49. The Kier molecular flexibility index (Phi) is 1.12. The summed E-state index contributed by atoms with van der Waals surface area (Å²) in [5.74, 6) is 0. The summed E-state index contributed by atoms with van der Waals surface area (Å²) < 4.78 is 5.12. The van der Waals surface area contributed by atoms with Crippen LogP contribution in [0, 0.1) is 6.92 Å². The number of nitrogens with two attached hydrogens (primary N) is 1. The van der Waals surface area contributed by atoms with E-state index in [2.05, 4.69) is 4.98 Å². The van der Waals surface area contributed by atoms with Gasteiger partial charge in [-0.1, -0.05) is 0 Å². The lowest BCUT2D eigenvalue weighted by Gasteiger charge is -1.95. The van der Waals surface area contributed by atoms with Crippen LogP contribution in [0.1, 0.15) is 5.69 Å². The predicted octanol–water partition coefficient (Wildman–Crippen LogP) is 1.72. The zero-order valence-electron chi connectivity index (χ0n) is 6.16. The third kappa shape index (κ3) is 0.852. The Balaban J connectivity index is 2.91. The molecule has 56 valence electrons. The van der Waals surface area contributed by atoms with Crippen molar-refractivity contribution in [3.63, 3.8) is 0 Å². The monoisotopic (exact) mass is 148 g/mol. The molecule has 0 saturated carbocycles. The third-order valence-electron chi connectivity index (χ3n) is 1.57. The molecule has 0 aliphatic rings.